The molecule has 13 nitrogen and oxygen atoms in total. The van der Waals surface area contributed by atoms with Gasteiger partial charge in [0.25, 0.3) is 11.8 Å². The van der Waals surface area contributed by atoms with Gasteiger partial charge in [-0.15, -0.1) is 5.06 Å². The highest BCUT2D eigenvalue weighted by Gasteiger charge is 2.40. The molecule has 13 heteroatoms. The number of hydroxylamine groups is 2. The summed E-state index contributed by atoms with van der Waals surface area (Å²) in [4.78, 5) is 81.6. The Balaban J connectivity index is 1.21. The van der Waals surface area contributed by atoms with Gasteiger partial charge in [0, 0.05) is 37.7 Å². The first kappa shape index (κ1) is 47.5. The van der Waals surface area contributed by atoms with Crippen molar-refractivity contribution in [1.29, 1.82) is 0 Å². The molecule has 0 spiro atoms. The van der Waals surface area contributed by atoms with Crippen molar-refractivity contribution in [3.8, 4) is 17.2 Å². The Labute approximate surface area is 364 Å². The quantitative estimate of drug-likeness (QED) is 0.0512. The number of carbonyl (C=O) groups is 6. The summed E-state index contributed by atoms with van der Waals surface area (Å²) in [7, 11) is 3.17. The topological polar surface area (TPSA) is 161 Å². The monoisotopic (exact) mass is 855 g/mol. The van der Waals surface area contributed by atoms with Gasteiger partial charge in [0.15, 0.2) is 17.3 Å². The van der Waals surface area contributed by atoms with E-state index >= 15 is 0 Å². The number of imide groups is 1. The van der Waals surface area contributed by atoms with E-state index in [9.17, 15) is 28.8 Å². The van der Waals surface area contributed by atoms with Crippen LogP contribution in [0.15, 0.2) is 54.6 Å². The van der Waals surface area contributed by atoms with E-state index in [1.165, 1.54) is 11.1 Å². The summed E-state index contributed by atoms with van der Waals surface area (Å²) in [6.07, 6.45) is 4.40. The van der Waals surface area contributed by atoms with Crippen LogP contribution in [0.3, 0.4) is 0 Å². The van der Waals surface area contributed by atoms with Crippen molar-refractivity contribution in [2.75, 3.05) is 34.0 Å². The van der Waals surface area contributed by atoms with E-state index < -0.39 is 41.6 Å². The van der Waals surface area contributed by atoms with Crippen molar-refractivity contribution in [3.63, 3.8) is 0 Å². The first-order valence-electron chi connectivity index (χ1n) is 21.7. The van der Waals surface area contributed by atoms with Gasteiger partial charge < -0.3 is 28.5 Å². The zero-order valence-electron chi connectivity index (χ0n) is 37.0. The third-order valence-corrected chi connectivity index (χ3v) is 11.8. The number of ketones is 2. The zero-order valence-corrected chi connectivity index (χ0v) is 37.0. The first-order valence-corrected chi connectivity index (χ1v) is 21.7. The van der Waals surface area contributed by atoms with Crippen LogP contribution in [0.1, 0.15) is 123 Å². The molecule has 0 bridgehead atoms. The van der Waals surface area contributed by atoms with Crippen molar-refractivity contribution < 1.29 is 57.3 Å². The van der Waals surface area contributed by atoms with Gasteiger partial charge in [0.2, 0.25) is 0 Å². The second-order valence-corrected chi connectivity index (χ2v) is 16.2. The number of Topliss-reactive ketones (excluding diaryl/α,β-unsaturated/α-hetero) is 2. The molecule has 3 aromatic rings. The van der Waals surface area contributed by atoms with Crippen molar-refractivity contribution in [2.45, 2.75) is 117 Å². The molecule has 0 aromatic heterocycles. The number of nitrogens with zero attached hydrogens (tertiary/aromatic N) is 1. The third kappa shape index (κ3) is 12.7. The van der Waals surface area contributed by atoms with E-state index in [4.69, 9.17) is 28.5 Å². The maximum absolute atomic E-state index is 14.4. The maximum atomic E-state index is 14.4. The lowest BCUT2D eigenvalue weighted by Gasteiger charge is -2.33. The summed E-state index contributed by atoms with van der Waals surface area (Å²) >= 11 is 0. The smallest absolute Gasteiger partial charge is 0.335 e. The van der Waals surface area contributed by atoms with E-state index in [2.05, 4.69) is 32.0 Å². The van der Waals surface area contributed by atoms with Gasteiger partial charge in [-0.05, 0) is 111 Å². The first-order chi connectivity index (χ1) is 29.8. The third-order valence-electron chi connectivity index (χ3n) is 11.8. The van der Waals surface area contributed by atoms with Crippen LogP contribution in [-0.4, -0.2) is 74.4 Å². The average molecular weight is 856 g/mol. The van der Waals surface area contributed by atoms with Gasteiger partial charge in [0.05, 0.1) is 33.2 Å². The molecule has 1 aliphatic heterocycles. The molecule has 1 unspecified atom stereocenters. The number of esters is 1. The number of methoxy groups -OCH3 is 2. The van der Waals surface area contributed by atoms with Crippen LogP contribution < -0.4 is 14.2 Å². The van der Waals surface area contributed by atoms with E-state index in [1.54, 1.807) is 26.4 Å². The molecule has 1 aliphatic carbocycles. The fourth-order valence-electron chi connectivity index (χ4n) is 8.25. The molecule has 1 heterocycles. The fraction of sp³-hybridized carbons (Fsp3) is 0.510. The van der Waals surface area contributed by atoms with Crippen LogP contribution in [0.25, 0.3) is 0 Å². The second-order valence-electron chi connectivity index (χ2n) is 16.2. The van der Waals surface area contributed by atoms with Crippen LogP contribution in [-0.2, 0) is 49.5 Å². The molecule has 2 fully saturated rings. The fourth-order valence-corrected chi connectivity index (χ4v) is 8.25. The molecular formula is C49H61NO12. The summed E-state index contributed by atoms with van der Waals surface area (Å²) in [6.45, 7) is 8.11. The van der Waals surface area contributed by atoms with Crippen LogP contribution in [0.5, 0.6) is 17.2 Å². The molecule has 62 heavy (non-hydrogen) atoms. The number of benzene rings is 3. The molecule has 2 aliphatic rings. The number of aryl methyl sites for hydroxylation is 4. The Morgan fingerprint density at radius 1 is 0.790 bits per heavy atom. The van der Waals surface area contributed by atoms with Crippen LogP contribution in [0, 0.1) is 32.6 Å². The number of amides is 2. The van der Waals surface area contributed by atoms with E-state index in [-0.39, 0.29) is 63.0 Å². The lowest BCUT2D eigenvalue weighted by Crippen LogP contribution is -2.37. The van der Waals surface area contributed by atoms with E-state index in [0.29, 0.717) is 60.8 Å². The number of rotatable bonds is 23. The summed E-state index contributed by atoms with van der Waals surface area (Å²) in [5.74, 6) is -2.20. The highest BCUT2D eigenvalue weighted by molar-refractivity contribution is 6.01. The van der Waals surface area contributed by atoms with Gasteiger partial charge in [-0.25, -0.2) is 4.79 Å². The Kier molecular flexibility index (Phi) is 17.7. The summed E-state index contributed by atoms with van der Waals surface area (Å²) in [6, 6.07) is 17.4. The highest BCUT2D eigenvalue weighted by atomic mass is 16.7. The van der Waals surface area contributed by atoms with Crippen molar-refractivity contribution in [1.82, 2.24) is 5.06 Å². The molecule has 2 amide bonds. The standard InChI is InChI=1S/C49H61NO12/c1-7-39(36-27-33(4)48(58-6)43(29-36)57-5)47(55)40-15-8-9-16-41(40)49(56)61-42(20-19-34-18-17-31(2)32(3)26-34)35-12-10-14-38(28-35)60-30-37(51)13-11-24-59-25-23-46(54)62-50-44(52)21-22-45(50)53/h10,12,14,17-18,26-29,39-42H,7-9,11,13,15-16,19-25,30H2,1-6H3/t39-,40?,41+,42+/m0/s1. The molecule has 4 atom stereocenters. The van der Waals surface area contributed by atoms with Crippen molar-refractivity contribution >= 4 is 35.3 Å². The highest BCUT2D eigenvalue weighted by Crippen LogP contribution is 2.41. The van der Waals surface area contributed by atoms with Gasteiger partial charge in [-0.1, -0.05) is 56.2 Å². The predicted octanol–water partition coefficient (Wildman–Crippen LogP) is 8.16. The van der Waals surface area contributed by atoms with Crippen LogP contribution in [0.4, 0.5) is 0 Å². The molecule has 0 N–H and O–H groups in total. The maximum Gasteiger partial charge on any atom is 0.335 e. The number of carbonyl (C=O) groups excluding carboxylic acids is 6. The minimum absolute atomic E-state index is 0.0117. The van der Waals surface area contributed by atoms with Crippen molar-refractivity contribution in [3.05, 3.63) is 88.0 Å². The Morgan fingerprint density at radius 3 is 2.23 bits per heavy atom. The summed E-state index contributed by atoms with van der Waals surface area (Å²) < 4.78 is 29.0. The lowest BCUT2D eigenvalue weighted by molar-refractivity contribution is -0.198. The van der Waals surface area contributed by atoms with Crippen molar-refractivity contribution in [2.24, 2.45) is 11.8 Å². The van der Waals surface area contributed by atoms with Crippen LogP contribution >= 0.6 is 0 Å². The summed E-state index contributed by atoms with van der Waals surface area (Å²) in [5, 5.41) is 0.498. The Morgan fingerprint density at radius 2 is 1.53 bits per heavy atom. The molecule has 3 aromatic carbocycles. The van der Waals surface area contributed by atoms with Gasteiger partial charge in [0.1, 0.15) is 24.2 Å². The normalized spacial score (nSPS) is 17.3. The van der Waals surface area contributed by atoms with Crippen LogP contribution in [0.2, 0.25) is 0 Å². The SMILES string of the molecule is CC[C@H](C(=O)C1CCCC[C@H]1C(=O)O[C@H](CCc1ccc(C)c(C)c1)c1cccc(OCC(=O)CCCOCCC(=O)ON2C(=O)CCC2=O)c1)c1cc(C)c(OC)c(OC)c1. The Bertz CT molecular complexity index is 2060. The largest absolute Gasteiger partial charge is 0.493 e. The molecule has 1 saturated heterocycles. The minimum Gasteiger partial charge on any atom is -0.493 e. The van der Waals surface area contributed by atoms with E-state index in [1.807, 2.05) is 38.1 Å². The molecule has 5 rings (SSSR count). The molecule has 0 radical (unpaired) electrons. The summed E-state index contributed by atoms with van der Waals surface area (Å²) in [5.41, 5.74) is 5.92. The van der Waals surface area contributed by atoms with Gasteiger partial charge >= 0.3 is 11.9 Å². The van der Waals surface area contributed by atoms with E-state index in [0.717, 1.165) is 35.1 Å². The Hall–Kier alpha value is -5.56. The number of hydrogen-bond donors (Lipinski definition) is 0. The number of hydrogen-bond acceptors (Lipinski definition) is 12. The minimum atomic E-state index is -0.751. The number of ether oxygens (including phenoxy) is 5. The lowest BCUT2D eigenvalue weighted by atomic mass is 9.72. The molecule has 334 valence electrons. The second kappa shape index (κ2) is 23.0. The zero-order chi connectivity index (χ0) is 44.8. The predicted molar refractivity (Wildman–Crippen MR) is 230 cm³/mol. The molecule has 1 saturated carbocycles. The van der Waals surface area contributed by atoms with Gasteiger partial charge in [-0.3, -0.25) is 24.0 Å². The molecular weight excluding hydrogens is 795 g/mol. The average Bonchev–Trinajstić information content (AvgIpc) is 3.58. The van der Waals surface area contributed by atoms with Gasteiger partial charge in [-0.2, -0.15) is 0 Å².